The Morgan fingerprint density at radius 2 is 1.75 bits per heavy atom. The highest BCUT2D eigenvalue weighted by atomic mass is 16.1. The second-order valence-electron chi connectivity index (χ2n) is 7.14. The van der Waals surface area contributed by atoms with Crippen LogP contribution in [0.3, 0.4) is 0 Å². The van der Waals surface area contributed by atoms with Gasteiger partial charge >= 0.3 is 0 Å². The minimum absolute atomic E-state index is 0.271. The third-order valence-electron chi connectivity index (χ3n) is 4.93. The first kappa shape index (κ1) is 15.8. The molecule has 116 valence electrons. The Labute approximate surface area is 124 Å². The van der Waals surface area contributed by atoms with Crippen molar-refractivity contribution in [1.82, 2.24) is 10.2 Å². The number of carbonyl (C=O) groups is 1. The molecule has 1 aliphatic carbocycles. The fourth-order valence-corrected chi connectivity index (χ4v) is 3.43. The maximum absolute atomic E-state index is 12.3. The molecular formula is C17H32N2O. The summed E-state index contributed by atoms with van der Waals surface area (Å²) in [7, 11) is 0. The summed E-state index contributed by atoms with van der Waals surface area (Å²) in [6, 6.07) is 0.468. The minimum Gasteiger partial charge on any atom is -0.353 e. The van der Waals surface area contributed by atoms with Crippen LogP contribution in [-0.2, 0) is 4.79 Å². The first-order chi connectivity index (χ1) is 9.65. The highest BCUT2D eigenvalue weighted by Crippen LogP contribution is 2.21. The molecule has 0 aromatic carbocycles. The van der Waals surface area contributed by atoms with Crippen LogP contribution < -0.4 is 5.32 Å². The van der Waals surface area contributed by atoms with E-state index in [-0.39, 0.29) is 5.92 Å². The molecule has 0 aromatic heterocycles. The molecule has 0 unspecified atom stereocenters. The molecular weight excluding hydrogens is 248 g/mol. The number of amides is 1. The second kappa shape index (κ2) is 8.02. The molecule has 2 aliphatic rings. The summed E-state index contributed by atoms with van der Waals surface area (Å²) in [6.07, 6.45) is 9.70. The minimum atomic E-state index is 0.271. The fourth-order valence-electron chi connectivity index (χ4n) is 3.43. The largest absolute Gasteiger partial charge is 0.353 e. The van der Waals surface area contributed by atoms with Crippen LogP contribution in [0, 0.1) is 11.8 Å². The van der Waals surface area contributed by atoms with Crippen molar-refractivity contribution in [3.63, 3.8) is 0 Å². The normalized spacial score (nSPS) is 23.1. The molecule has 1 aliphatic heterocycles. The molecule has 2 fully saturated rings. The Morgan fingerprint density at radius 1 is 1.10 bits per heavy atom. The van der Waals surface area contributed by atoms with Gasteiger partial charge in [0.05, 0.1) is 0 Å². The molecule has 1 amide bonds. The van der Waals surface area contributed by atoms with Gasteiger partial charge in [-0.15, -0.1) is 0 Å². The lowest BCUT2D eigenvalue weighted by Gasteiger charge is -2.33. The predicted octanol–water partition coefficient (Wildman–Crippen LogP) is 3.19. The topological polar surface area (TPSA) is 32.3 Å². The van der Waals surface area contributed by atoms with Gasteiger partial charge in [-0.05, 0) is 57.7 Å². The molecule has 3 nitrogen and oxygen atoms in total. The molecule has 1 saturated heterocycles. The Morgan fingerprint density at radius 3 is 2.35 bits per heavy atom. The maximum atomic E-state index is 12.3. The summed E-state index contributed by atoms with van der Waals surface area (Å²) in [5.74, 6) is 1.38. The van der Waals surface area contributed by atoms with E-state index in [0.29, 0.717) is 11.9 Å². The van der Waals surface area contributed by atoms with E-state index in [1.165, 1.54) is 45.1 Å². The van der Waals surface area contributed by atoms with Gasteiger partial charge in [-0.3, -0.25) is 4.79 Å². The van der Waals surface area contributed by atoms with E-state index >= 15 is 0 Å². The van der Waals surface area contributed by atoms with Crippen molar-refractivity contribution in [3.05, 3.63) is 0 Å². The van der Waals surface area contributed by atoms with Crippen LogP contribution in [0.2, 0.25) is 0 Å². The Kier molecular flexibility index (Phi) is 6.34. The highest BCUT2D eigenvalue weighted by Gasteiger charge is 2.26. The van der Waals surface area contributed by atoms with E-state index in [1.807, 2.05) is 0 Å². The zero-order chi connectivity index (χ0) is 14.4. The Bertz CT molecular complexity index is 289. The number of likely N-dealkylation sites (tertiary alicyclic amines) is 1. The van der Waals surface area contributed by atoms with Gasteiger partial charge in [0.2, 0.25) is 5.91 Å². The van der Waals surface area contributed by atoms with Crippen LogP contribution in [-0.4, -0.2) is 36.5 Å². The first-order valence-electron chi connectivity index (χ1n) is 8.68. The third-order valence-corrected chi connectivity index (χ3v) is 4.93. The molecule has 0 bridgehead atoms. The van der Waals surface area contributed by atoms with Gasteiger partial charge in [0, 0.05) is 12.0 Å². The molecule has 1 saturated carbocycles. The molecule has 0 spiro atoms. The van der Waals surface area contributed by atoms with Crippen molar-refractivity contribution in [2.45, 2.75) is 71.3 Å². The van der Waals surface area contributed by atoms with Crippen molar-refractivity contribution in [2.24, 2.45) is 11.8 Å². The van der Waals surface area contributed by atoms with Crippen molar-refractivity contribution < 1.29 is 4.79 Å². The van der Waals surface area contributed by atoms with Crippen LogP contribution >= 0.6 is 0 Å². The monoisotopic (exact) mass is 280 g/mol. The number of nitrogens with one attached hydrogen (secondary N) is 1. The quantitative estimate of drug-likeness (QED) is 0.839. The average Bonchev–Trinajstić information content (AvgIpc) is 2.46. The van der Waals surface area contributed by atoms with Crippen LogP contribution in [0.15, 0.2) is 0 Å². The van der Waals surface area contributed by atoms with E-state index in [4.69, 9.17) is 0 Å². The van der Waals surface area contributed by atoms with Crippen LogP contribution in [0.4, 0.5) is 0 Å². The van der Waals surface area contributed by atoms with Crippen LogP contribution in [0.5, 0.6) is 0 Å². The van der Waals surface area contributed by atoms with Gasteiger partial charge in [0.25, 0.3) is 0 Å². The van der Waals surface area contributed by atoms with Gasteiger partial charge in [0.1, 0.15) is 0 Å². The van der Waals surface area contributed by atoms with Crippen LogP contribution in [0.25, 0.3) is 0 Å². The van der Waals surface area contributed by atoms with Crippen molar-refractivity contribution in [3.8, 4) is 0 Å². The highest BCUT2D eigenvalue weighted by molar-refractivity contribution is 5.79. The van der Waals surface area contributed by atoms with Crippen molar-refractivity contribution >= 4 is 5.91 Å². The summed E-state index contributed by atoms with van der Waals surface area (Å²) >= 11 is 0. The molecule has 0 radical (unpaired) electrons. The Hall–Kier alpha value is -0.570. The van der Waals surface area contributed by atoms with Gasteiger partial charge < -0.3 is 10.2 Å². The molecule has 20 heavy (non-hydrogen) atoms. The molecule has 3 heteroatoms. The molecule has 1 N–H and O–H groups in total. The fraction of sp³-hybridized carbons (Fsp3) is 0.941. The summed E-state index contributed by atoms with van der Waals surface area (Å²) in [5.41, 5.74) is 0. The van der Waals surface area contributed by atoms with E-state index in [2.05, 4.69) is 24.1 Å². The molecule has 1 heterocycles. The zero-order valence-electron chi connectivity index (χ0n) is 13.4. The number of carbonyl (C=O) groups excluding carboxylic acids is 1. The summed E-state index contributed by atoms with van der Waals surface area (Å²) in [5, 5.41) is 3.30. The number of piperidine rings is 1. The number of hydrogen-bond donors (Lipinski definition) is 1. The third kappa shape index (κ3) is 5.08. The van der Waals surface area contributed by atoms with E-state index in [9.17, 15) is 4.79 Å². The molecule has 0 atom stereocenters. The first-order valence-corrected chi connectivity index (χ1v) is 8.68. The zero-order valence-corrected chi connectivity index (χ0v) is 13.4. The second-order valence-corrected chi connectivity index (χ2v) is 7.14. The number of nitrogens with zero attached hydrogens (tertiary/aromatic N) is 1. The Balaban J connectivity index is 1.66. The van der Waals surface area contributed by atoms with Crippen molar-refractivity contribution in [2.75, 3.05) is 19.6 Å². The van der Waals surface area contributed by atoms with E-state index < -0.39 is 0 Å². The van der Waals surface area contributed by atoms with E-state index in [1.54, 1.807) is 0 Å². The number of hydrogen-bond acceptors (Lipinski definition) is 2. The predicted molar refractivity (Wildman–Crippen MR) is 83.6 cm³/mol. The SMILES string of the molecule is CC(C)CCN1CCC(C(=O)NC2CCCCC2)CC1. The number of rotatable bonds is 5. The summed E-state index contributed by atoms with van der Waals surface area (Å²) < 4.78 is 0. The smallest absolute Gasteiger partial charge is 0.223 e. The van der Waals surface area contributed by atoms with Gasteiger partial charge in [0.15, 0.2) is 0 Å². The van der Waals surface area contributed by atoms with Crippen molar-refractivity contribution in [1.29, 1.82) is 0 Å². The maximum Gasteiger partial charge on any atom is 0.223 e. The van der Waals surface area contributed by atoms with Crippen LogP contribution in [0.1, 0.15) is 65.2 Å². The summed E-state index contributed by atoms with van der Waals surface area (Å²) in [6.45, 7) is 7.98. The van der Waals surface area contributed by atoms with Gasteiger partial charge in [-0.2, -0.15) is 0 Å². The lowest BCUT2D eigenvalue weighted by atomic mass is 9.92. The van der Waals surface area contributed by atoms with Gasteiger partial charge in [-0.25, -0.2) is 0 Å². The average molecular weight is 280 g/mol. The standard InChI is InChI=1S/C17H32N2O/c1-14(2)8-11-19-12-9-15(10-13-19)17(20)18-16-6-4-3-5-7-16/h14-16H,3-13H2,1-2H3,(H,18,20). The van der Waals surface area contributed by atoms with E-state index in [0.717, 1.165) is 31.8 Å². The molecule has 2 rings (SSSR count). The lowest BCUT2D eigenvalue weighted by Crippen LogP contribution is -2.44. The molecule has 0 aromatic rings. The summed E-state index contributed by atoms with van der Waals surface area (Å²) in [4.78, 5) is 14.8. The lowest BCUT2D eigenvalue weighted by molar-refractivity contribution is -0.127. The van der Waals surface area contributed by atoms with Gasteiger partial charge in [-0.1, -0.05) is 33.1 Å².